The van der Waals surface area contributed by atoms with Gasteiger partial charge >= 0.3 is 0 Å². The van der Waals surface area contributed by atoms with Gasteiger partial charge in [0.2, 0.25) is 17.8 Å². The van der Waals surface area contributed by atoms with Gasteiger partial charge in [-0.1, -0.05) is 66.7 Å². The number of hydrogen-bond donors (Lipinski definition) is 1. The SMILES string of the molecule is O=C(Cc1ccc(-c2ccccc2)cc1)Nc1ccc(CC(=O)N2CCN(c3ncccn3)CC2)cc1. The summed E-state index contributed by atoms with van der Waals surface area (Å²) in [6.45, 7) is 2.74. The van der Waals surface area contributed by atoms with E-state index in [0.29, 0.717) is 31.9 Å². The van der Waals surface area contributed by atoms with Crippen molar-refractivity contribution < 1.29 is 9.59 Å². The van der Waals surface area contributed by atoms with Gasteiger partial charge in [0.25, 0.3) is 0 Å². The van der Waals surface area contributed by atoms with Crippen LogP contribution in [0.5, 0.6) is 0 Å². The normalized spacial score (nSPS) is 13.3. The van der Waals surface area contributed by atoms with Crippen LogP contribution in [0.4, 0.5) is 11.6 Å². The van der Waals surface area contributed by atoms with Gasteiger partial charge < -0.3 is 15.1 Å². The van der Waals surface area contributed by atoms with Gasteiger partial charge in [-0.25, -0.2) is 9.97 Å². The van der Waals surface area contributed by atoms with Crippen LogP contribution >= 0.6 is 0 Å². The lowest BCUT2D eigenvalue weighted by molar-refractivity contribution is -0.130. The zero-order chi connectivity index (χ0) is 25.5. The number of anilines is 2. The molecule has 1 N–H and O–H groups in total. The number of piperazine rings is 1. The minimum Gasteiger partial charge on any atom is -0.339 e. The van der Waals surface area contributed by atoms with E-state index < -0.39 is 0 Å². The largest absolute Gasteiger partial charge is 0.339 e. The monoisotopic (exact) mass is 491 g/mol. The summed E-state index contributed by atoms with van der Waals surface area (Å²) in [4.78, 5) is 37.9. The van der Waals surface area contributed by atoms with Crippen LogP contribution in [0.25, 0.3) is 11.1 Å². The summed E-state index contributed by atoms with van der Waals surface area (Å²) in [6.07, 6.45) is 4.10. The van der Waals surface area contributed by atoms with E-state index in [-0.39, 0.29) is 11.8 Å². The Hall–Kier alpha value is -4.52. The topological polar surface area (TPSA) is 78.4 Å². The van der Waals surface area contributed by atoms with E-state index in [9.17, 15) is 9.59 Å². The van der Waals surface area contributed by atoms with Gasteiger partial charge in [-0.2, -0.15) is 0 Å². The van der Waals surface area contributed by atoms with Crippen LogP contribution < -0.4 is 10.2 Å². The number of aromatic nitrogens is 2. The average molecular weight is 492 g/mol. The van der Waals surface area contributed by atoms with Crippen molar-refractivity contribution in [1.82, 2.24) is 14.9 Å². The number of nitrogens with one attached hydrogen (secondary N) is 1. The van der Waals surface area contributed by atoms with Gasteiger partial charge in [0.05, 0.1) is 12.8 Å². The maximum atomic E-state index is 12.8. The van der Waals surface area contributed by atoms with Gasteiger partial charge in [0.15, 0.2) is 0 Å². The van der Waals surface area contributed by atoms with Crippen molar-refractivity contribution in [2.45, 2.75) is 12.8 Å². The number of benzene rings is 3. The van der Waals surface area contributed by atoms with Crippen molar-refractivity contribution in [3.63, 3.8) is 0 Å². The van der Waals surface area contributed by atoms with E-state index in [4.69, 9.17) is 0 Å². The van der Waals surface area contributed by atoms with Crippen LogP contribution in [0, 0.1) is 0 Å². The molecule has 0 atom stereocenters. The lowest BCUT2D eigenvalue weighted by Gasteiger charge is -2.34. The molecule has 0 bridgehead atoms. The first kappa shape index (κ1) is 24.2. The van der Waals surface area contributed by atoms with Gasteiger partial charge in [-0.15, -0.1) is 0 Å². The summed E-state index contributed by atoms with van der Waals surface area (Å²) in [7, 11) is 0. The van der Waals surface area contributed by atoms with E-state index in [0.717, 1.165) is 41.0 Å². The molecule has 1 aliphatic heterocycles. The molecule has 0 saturated carbocycles. The Morgan fingerprint density at radius 3 is 1.95 bits per heavy atom. The summed E-state index contributed by atoms with van der Waals surface area (Å²) < 4.78 is 0. The molecule has 0 aliphatic carbocycles. The third kappa shape index (κ3) is 6.38. The second-order valence-electron chi connectivity index (χ2n) is 9.08. The molecule has 7 heteroatoms. The zero-order valence-corrected chi connectivity index (χ0v) is 20.6. The molecule has 1 aromatic heterocycles. The predicted octanol–water partition coefficient (Wildman–Crippen LogP) is 4.22. The highest BCUT2D eigenvalue weighted by atomic mass is 16.2. The molecular formula is C30H29N5O2. The third-order valence-electron chi connectivity index (χ3n) is 6.49. The predicted molar refractivity (Wildman–Crippen MR) is 145 cm³/mol. The summed E-state index contributed by atoms with van der Waals surface area (Å²) in [5.41, 5.74) is 4.88. The fourth-order valence-corrected chi connectivity index (χ4v) is 4.44. The Labute approximate surface area is 216 Å². The van der Waals surface area contributed by atoms with Gasteiger partial charge in [-0.3, -0.25) is 9.59 Å². The fraction of sp³-hybridized carbons (Fsp3) is 0.200. The first-order valence-corrected chi connectivity index (χ1v) is 12.5. The number of amides is 2. The molecule has 4 aromatic rings. The van der Waals surface area contributed by atoms with Crippen molar-refractivity contribution in [1.29, 1.82) is 0 Å². The molecule has 1 saturated heterocycles. The van der Waals surface area contributed by atoms with Crippen LogP contribution in [0.2, 0.25) is 0 Å². The molecule has 3 aromatic carbocycles. The Kier molecular flexibility index (Phi) is 7.50. The highest BCUT2D eigenvalue weighted by Gasteiger charge is 2.22. The number of nitrogens with zero attached hydrogens (tertiary/aromatic N) is 4. The lowest BCUT2D eigenvalue weighted by Crippen LogP contribution is -2.49. The van der Waals surface area contributed by atoms with Gasteiger partial charge in [-0.05, 0) is 40.5 Å². The minimum absolute atomic E-state index is 0.0726. The van der Waals surface area contributed by atoms with Crippen molar-refractivity contribution in [2.24, 2.45) is 0 Å². The van der Waals surface area contributed by atoms with E-state index in [1.807, 2.05) is 71.6 Å². The Balaban J connectivity index is 1.09. The lowest BCUT2D eigenvalue weighted by atomic mass is 10.0. The molecule has 37 heavy (non-hydrogen) atoms. The van der Waals surface area contributed by atoms with Crippen LogP contribution in [-0.4, -0.2) is 52.9 Å². The standard InChI is InChI=1S/C30H29N5O2/c36-28(21-23-7-11-26(12-8-23)25-5-2-1-3-6-25)33-27-13-9-24(10-14-27)22-29(37)34-17-19-35(20-18-34)30-31-15-4-16-32-30/h1-16H,17-22H2,(H,33,36). The van der Waals surface area contributed by atoms with Crippen molar-refractivity contribution in [2.75, 3.05) is 36.4 Å². The second-order valence-corrected chi connectivity index (χ2v) is 9.08. The molecule has 0 radical (unpaired) electrons. The molecule has 1 aliphatic rings. The van der Waals surface area contributed by atoms with E-state index in [1.54, 1.807) is 18.5 Å². The average Bonchev–Trinajstić information content (AvgIpc) is 2.95. The Bertz CT molecular complexity index is 1320. The molecule has 186 valence electrons. The third-order valence-corrected chi connectivity index (χ3v) is 6.49. The highest BCUT2D eigenvalue weighted by Crippen LogP contribution is 2.20. The van der Waals surface area contributed by atoms with E-state index in [1.165, 1.54) is 0 Å². The van der Waals surface area contributed by atoms with Crippen LogP contribution in [0.1, 0.15) is 11.1 Å². The molecule has 0 unspecified atom stereocenters. The maximum absolute atomic E-state index is 12.8. The first-order valence-electron chi connectivity index (χ1n) is 12.5. The molecule has 1 fully saturated rings. The summed E-state index contributed by atoms with van der Waals surface area (Å²) in [5.74, 6) is 0.734. The molecule has 2 amide bonds. The first-order chi connectivity index (χ1) is 18.1. The summed E-state index contributed by atoms with van der Waals surface area (Å²) >= 11 is 0. The maximum Gasteiger partial charge on any atom is 0.228 e. The smallest absolute Gasteiger partial charge is 0.228 e. The van der Waals surface area contributed by atoms with Crippen molar-refractivity contribution in [3.8, 4) is 11.1 Å². The Morgan fingerprint density at radius 2 is 1.27 bits per heavy atom. The zero-order valence-electron chi connectivity index (χ0n) is 20.6. The minimum atomic E-state index is -0.0726. The van der Waals surface area contributed by atoms with Crippen molar-refractivity contribution in [3.05, 3.63) is 108 Å². The van der Waals surface area contributed by atoms with Crippen LogP contribution in [0.3, 0.4) is 0 Å². The molecule has 2 heterocycles. The van der Waals surface area contributed by atoms with Crippen LogP contribution in [0.15, 0.2) is 97.3 Å². The summed E-state index contributed by atoms with van der Waals surface area (Å²) in [6, 6.07) is 27.5. The molecule has 7 nitrogen and oxygen atoms in total. The molecule has 5 rings (SSSR count). The second kappa shape index (κ2) is 11.5. The molecule has 0 spiro atoms. The van der Waals surface area contributed by atoms with Gasteiger partial charge in [0, 0.05) is 44.3 Å². The molecular weight excluding hydrogens is 462 g/mol. The van der Waals surface area contributed by atoms with E-state index >= 15 is 0 Å². The quantitative estimate of drug-likeness (QED) is 0.419. The number of carbonyl (C=O) groups is 2. The number of carbonyl (C=O) groups excluding carboxylic acids is 2. The van der Waals surface area contributed by atoms with E-state index in [2.05, 4.69) is 32.3 Å². The van der Waals surface area contributed by atoms with Crippen molar-refractivity contribution >= 4 is 23.5 Å². The summed E-state index contributed by atoms with van der Waals surface area (Å²) in [5, 5.41) is 2.95. The Morgan fingerprint density at radius 1 is 0.676 bits per heavy atom. The number of rotatable bonds is 7. The van der Waals surface area contributed by atoms with Gasteiger partial charge in [0.1, 0.15) is 0 Å². The van der Waals surface area contributed by atoms with Crippen LogP contribution in [-0.2, 0) is 22.4 Å². The number of hydrogen-bond acceptors (Lipinski definition) is 5. The highest BCUT2D eigenvalue weighted by molar-refractivity contribution is 5.92. The fourth-order valence-electron chi connectivity index (χ4n) is 4.44.